The lowest BCUT2D eigenvalue weighted by Crippen LogP contribution is -2.07. The van der Waals surface area contributed by atoms with Gasteiger partial charge >= 0.3 is 5.69 Å². The molecule has 26 heavy (non-hydrogen) atoms. The minimum Gasteiger partial charge on any atom is -0.457 e. The summed E-state index contributed by atoms with van der Waals surface area (Å²) in [7, 11) is 0. The minimum atomic E-state index is -0.418. The van der Waals surface area contributed by atoms with E-state index in [9.17, 15) is 10.1 Å². The van der Waals surface area contributed by atoms with Gasteiger partial charge in [-0.1, -0.05) is 50.2 Å². The average molecular weight is 351 g/mol. The van der Waals surface area contributed by atoms with Crippen LogP contribution in [0.3, 0.4) is 0 Å². The Kier molecular flexibility index (Phi) is 5.37. The highest BCUT2D eigenvalue weighted by atomic mass is 16.7. The van der Waals surface area contributed by atoms with Gasteiger partial charge in [0, 0.05) is 0 Å². The first-order valence-electron chi connectivity index (χ1n) is 8.62. The van der Waals surface area contributed by atoms with Crippen LogP contribution in [0.5, 0.6) is 11.5 Å². The summed E-state index contributed by atoms with van der Waals surface area (Å²) in [4.78, 5) is 11.1. The number of rotatable bonds is 7. The predicted octanol–water partition coefficient (Wildman–Crippen LogP) is 5.68. The van der Waals surface area contributed by atoms with E-state index in [0.29, 0.717) is 17.1 Å². The number of hydrogen-bond acceptors (Lipinski definition) is 4. The van der Waals surface area contributed by atoms with E-state index in [0.717, 1.165) is 11.8 Å². The van der Waals surface area contributed by atoms with Crippen LogP contribution in [0.15, 0.2) is 60.7 Å². The van der Waals surface area contributed by atoms with Crippen LogP contribution in [0.1, 0.15) is 31.7 Å². The molecule has 0 N–H and O–H groups in total. The van der Waals surface area contributed by atoms with E-state index < -0.39 is 4.92 Å². The van der Waals surface area contributed by atoms with Gasteiger partial charge in [-0.2, -0.15) is 0 Å². The molecule has 0 aliphatic rings. The highest BCUT2D eigenvalue weighted by molar-refractivity contribution is 5.93. The van der Waals surface area contributed by atoms with Gasteiger partial charge in [0.1, 0.15) is 5.75 Å². The lowest BCUT2D eigenvalue weighted by Gasteiger charge is -2.12. The van der Waals surface area contributed by atoms with Crippen LogP contribution >= 0.6 is 0 Å². The van der Waals surface area contributed by atoms with Crippen molar-refractivity contribution in [2.24, 2.45) is 0 Å². The summed E-state index contributed by atoms with van der Waals surface area (Å²) in [6.07, 6.45) is 1.08. The number of fused-ring (bicyclic) bond motifs is 1. The molecule has 5 heteroatoms. The molecule has 0 spiro atoms. The lowest BCUT2D eigenvalue weighted by atomic mass is 9.99. The second-order valence-corrected chi connectivity index (χ2v) is 6.18. The summed E-state index contributed by atoms with van der Waals surface area (Å²) in [6.45, 7) is 4.24. The summed E-state index contributed by atoms with van der Waals surface area (Å²) >= 11 is 0. The minimum absolute atomic E-state index is 0.0428. The summed E-state index contributed by atoms with van der Waals surface area (Å²) < 4.78 is 11.1. The molecule has 1 atom stereocenters. The molecule has 5 nitrogen and oxygen atoms in total. The lowest BCUT2D eigenvalue weighted by molar-refractivity contribution is -0.384. The molecular formula is C21H21NO4. The van der Waals surface area contributed by atoms with Gasteiger partial charge < -0.3 is 9.47 Å². The average Bonchev–Trinajstić information content (AvgIpc) is 2.67. The zero-order chi connectivity index (χ0) is 18.5. The Labute approximate surface area is 152 Å². The molecule has 0 radical (unpaired) electrons. The maximum atomic E-state index is 11.5. The number of hydrogen-bond donors (Lipinski definition) is 0. The van der Waals surface area contributed by atoms with Crippen LogP contribution in [-0.2, 0) is 0 Å². The van der Waals surface area contributed by atoms with E-state index in [4.69, 9.17) is 9.47 Å². The van der Waals surface area contributed by atoms with E-state index in [1.807, 2.05) is 36.4 Å². The molecule has 0 fully saturated rings. The van der Waals surface area contributed by atoms with Crippen molar-refractivity contribution in [1.82, 2.24) is 0 Å². The van der Waals surface area contributed by atoms with Crippen LogP contribution in [0.2, 0.25) is 0 Å². The quantitative estimate of drug-likeness (QED) is 0.312. The van der Waals surface area contributed by atoms with Crippen LogP contribution in [-0.4, -0.2) is 11.7 Å². The molecule has 3 aromatic rings. The zero-order valence-electron chi connectivity index (χ0n) is 14.8. The molecule has 0 aromatic heterocycles. The first-order chi connectivity index (χ1) is 12.6. The van der Waals surface area contributed by atoms with Crippen LogP contribution in [0, 0.1) is 10.1 Å². The van der Waals surface area contributed by atoms with Crippen molar-refractivity contribution in [1.29, 1.82) is 0 Å². The van der Waals surface area contributed by atoms with Gasteiger partial charge in [0.2, 0.25) is 12.5 Å². The number of benzene rings is 3. The predicted molar refractivity (Wildman–Crippen MR) is 102 cm³/mol. The smallest absolute Gasteiger partial charge is 0.318 e. The largest absolute Gasteiger partial charge is 0.457 e. The van der Waals surface area contributed by atoms with Gasteiger partial charge in [0.05, 0.1) is 10.3 Å². The summed E-state index contributed by atoms with van der Waals surface area (Å²) in [5.41, 5.74) is 1.21. The molecule has 0 saturated carbocycles. The highest BCUT2D eigenvalue weighted by Gasteiger charge is 2.19. The summed E-state index contributed by atoms with van der Waals surface area (Å²) in [5.74, 6) is 1.37. The van der Waals surface area contributed by atoms with E-state index in [1.54, 1.807) is 24.3 Å². The van der Waals surface area contributed by atoms with Gasteiger partial charge in [0.25, 0.3) is 0 Å². The van der Waals surface area contributed by atoms with Gasteiger partial charge in [-0.3, -0.25) is 10.1 Å². The monoisotopic (exact) mass is 351 g/mol. The normalized spacial score (nSPS) is 11.9. The molecule has 0 heterocycles. The molecule has 0 aliphatic carbocycles. The molecule has 3 aromatic carbocycles. The third kappa shape index (κ3) is 3.77. The number of nitrogens with zero attached hydrogens (tertiary/aromatic N) is 1. The summed E-state index contributed by atoms with van der Waals surface area (Å²) in [5, 5.41) is 12.8. The van der Waals surface area contributed by atoms with Crippen molar-refractivity contribution in [3.05, 3.63) is 76.3 Å². The van der Waals surface area contributed by atoms with Crippen molar-refractivity contribution >= 4 is 16.5 Å². The first kappa shape index (κ1) is 17.7. The fourth-order valence-corrected chi connectivity index (χ4v) is 2.83. The zero-order valence-corrected chi connectivity index (χ0v) is 14.8. The third-order valence-corrected chi connectivity index (χ3v) is 4.55. The van der Waals surface area contributed by atoms with E-state index >= 15 is 0 Å². The maximum absolute atomic E-state index is 11.5. The van der Waals surface area contributed by atoms with Crippen molar-refractivity contribution in [3.8, 4) is 11.5 Å². The van der Waals surface area contributed by atoms with Crippen molar-refractivity contribution in [2.45, 2.75) is 26.2 Å². The van der Waals surface area contributed by atoms with E-state index in [-0.39, 0.29) is 18.2 Å². The van der Waals surface area contributed by atoms with Gasteiger partial charge in [-0.15, -0.1) is 0 Å². The maximum Gasteiger partial charge on any atom is 0.318 e. The Morgan fingerprint density at radius 1 is 1.00 bits per heavy atom. The van der Waals surface area contributed by atoms with Gasteiger partial charge in [-0.05, 0) is 47.6 Å². The van der Waals surface area contributed by atoms with Crippen molar-refractivity contribution in [3.63, 3.8) is 0 Å². The molecule has 0 amide bonds. The second kappa shape index (κ2) is 7.87. The molecular weight excluding hydrogens is 330 g/mol. The fourth-order valence-electron chi connectivity index (χ4n) is 2.83. The Morgan fingerprint density at radius 3 is 2.42 bits per heavy atom. The molecule has 0 saturated heterocycles. The van der Waals surface area contributed by atoms with E-state index in [2.05, 4.69) is 13.8 Å². The SMILES string of the molecule is CCC(C)c1ccc(OCOc2ccc3ccccc3c2[N+](=O)[O-])cc1. The number of nitro benzene ring substituents is 1. The van der Waals surface area contributed by atoms with Gasteiger partial charge in [0.15, 0.2) is 0 Å². The number of nitro groups is 1. The topological polar surface area (TPSA) is 61.6 Å². The fraction of sp³-hybridized carbons (Fsp3) is 0.238. The Balaban J connectivity index is 1.72. The van der Waals surface area contributed by atoms with Crippen LogP contribution in [0.4, 0.5) is 5.69 Å². The van der Waals surface area contributed by atoms with E-state index in [1.165, 1.54) is 5.56 Å². The van der Waals surface area contributed by atoms with Crippen molar-refractivity contribution < 1.29 is 14.4 Å². The molecule has 134 valence electrons. The van der Waals surface area contributed by atoms with Crippen LogP contribution in [0.25, 0.3) is 10.8 Å². The number of ether oxygens (including phenoxy) is 2. The van der Waals surface area contributed by atoms with Crippen LogP contribution < -0.4 is 9.47 Å². The standard InChI is InChI=1S/C21H21NO4/c1-3-15(2)16-8-11-18(12-9-16)25-14-26-20-13-10-17-6-4-5-7-19(17)21(20)22(23)24/h4-13,15H,3,14H2,1-2H3. The molecule has 0 bridgehead atoms. The Morgan fingerprint density at radius 2 is 1.73 bits per heavy atom. The molecule has 3 rings (SSSR count). The molecule has 0 aliphatic heterocycles. The summed E-state index contributed by atoms with van der Waals surface area (Å²) in [6, 6.07) is 18.4. The highest BCUT2D eigenvalue weighted by Crippen LogP contribution is 2.35. The van der Waals surface area contributed by atoms with Crippen molar-refractivity contribution in [2.75, 3.05) is 6.79 Å². The Bertz CT molecular complexity index is 906. The second-order valence-electron chi connectivity index (χ2n) is 6.18. The van der Waals surface area contributed by atoms with Gasteiger partial charge in [-0.25, -0.2) is 0 Å². The first-order valence-corrected chi connectivity index (χ1v) is 8.62. The third-order valence-electron chi connectivity index (χ3n) is 4.55. The Hall–Kier alpha value is -3.08. The molecule has 1 unspecified atom stereocenters.